The van der Waals surface area contributed by atoms with E-state index in [0.29, 0.717) is 45.2 Å². The Morgan fingerprint density at radius 3 is 1.39 bits per heavy atom. The summed E-state index contributed by atoms with van der Waals surface area (Å²) >= 11 is 2.09. The summed E-state index contributed by atoms with van der Waals surface area (Å²) in [5.74, 6) is -0.576. The van der Waals surface area contributed by atoms with Crippen LogP contribution in [0.5, 0.6) is 0 Å². The van der Waals surface area contributed by atoms with Crippen LogP contribution in [0.1, 0.15) is 119 Å². The Morgan fingerprint density at radius 2 is 1.04 bits per heavy atom. The van der Waals surface area contributed by atoms with E-state index in [1.54, 1.807) is 0 Å². The Kier molecular flexibility index (Phi) is 16.8. The van der Waals surface area contributed by atoms with E-state index in [4.69, 9.17) is 24.4 Å². The molecule has 16 heteroatoms. The highest BCUT2D eigenvalue weighted by Gasteiger charge is 2.50. The molecule has 0 aliphatic carbocycles. The summed E-state index contributed by atoms with van der Waals surface area (Å²) in [6.45, 7) is 14.8. The lowest BCUT2D eigenvalue weighted by atomic mass is 10.1. The van der Waals surface area contributed by atoms with Crippen LogP contribution in [0.3, 0.4) is 0 Å². The van der Waals surface area contributed by atoms with Gasteiger partial charge >= 0.3 is 12.1 Å². The van der Waals surface area contributed by atoms with Crippen LogP contribution < -0.4 is 26.2 Å². The van der Waals surface area contributed by atoms with Gasteiger partial charge in [-0.2, -0.15) is 15.0 Å². The van der Waals surface area contributed by atoms with Gasteiger partial charge in [-0.15, -0.1) is 0 Å². The minimum Gasteiger partial charge on any atom is -0.381 e. The number of nitrogens with zero attached hydrogens (tertiary/aromatic N) is 4. The Morgan fingerprint density at radius 1 is 0.633 bits per heavy atom. The molecule has 0 radical (unpaired) electrons. The van der Waals surface area contributed by atoms with Crippen LogP contribution in [0.2, 0.25) is 0 Å². The maximum absolute atomic E-state index is 13.3. The number of hydrogen-bond acceptors (Lipinski definition) is 12. The highest BCUT2D eigenvalue weighted by Crippen LogP contribution is 2.40. The number of imide groups is 2. The number of carbonyl (C=O) groups is 4. The first-order chi connectivity index (χ1) is 23.5. The molecule has 1 aromatic heterocycles. The van der Waals surface area contributed by atoms with Gasteiger partial charge in [0.1, 0.15) is 0 Å². The predicted molar refractivity (Wildman–Crippen MR) is 191 cm³/mol. The van der Waals surface area contributed by atoms with Gasteiger partial charge in [-0.25, -0.2) is 9.59 Å². The molecule has 14 nitrogen and oxygen atoms in total. The zero-order valence-electron chi connectivity index (χ0n) is 30.0. The van der Waals surface area contributed by atoms with Crippen LogP contribution in [0.25, 0.3) is 0 Å². The van der Waals surface area contributed by atoms with Gasteiger partial charge in [-0.1, -0.05) is 53.4 Å². The lowest BCUT2D eigenvalue weighted by molar-refractivity contribution is -0.122. The molecule has 2 saturated heterocycles. The number of ether oxygens (including phenoxy) is 2. The van der Waals surface area contributed by atoms with Gasteiger partial charge in [0.25, 0.3) is 11.8 Å². The lowest BCUT2D eigenvalue weighted by Crippen LogP contribution is -2.45. The number of hydrogen-bond donors (Lipinski definition) is 4. The van der Waals surface area contributed by atoms with Crippen LogP contribution in [0.4, 0.5) is 15.5 Å². The summed E-state index contributed by atoms with van der Waals surface area (Å²) in [5, 5.41) is 10.8. The highest BCUT2D eigenvalue weighted by atomic mass is 32.2. The number of thioether (sulfide) groups is 2. The van der Waals surface area contributed by atoms with Gasteiger partial charge in [-0.05, 0) is 88.7 Å². The molecule has 2 fully saturated rings. The molecule has 49 heavy (non-hydrogen) atoms. The number of anilines is 1. The summed E-state index contributed by atoms with van der Waals surface area (Å²) in [6.07, 6.45) is 9.57. The van der Waals surface area contributed by atoms with Gasteiger partial charge in [0.15, 0.2) is 20.1 Å². The van der Waals surface area contributed by atoms with Crippen LogP contribution in [0, 0.1) is 0 Å². The van der Waals surface area contributed by atoms with Gasteiger partial charge in [0.2, 0.25) is 5.95 Å². The fourth-order valence-electron chi connectivity index (χ4n) is 5.58. The number of nitrogens with one attached hydrogen (secondary N) is 4. The summed E-state index contributed by atoms with van der Waals surface area (Å²) in [6, 6.07) is -1.05. The van der Waals surface area contributed by atoms with E-state index in [-0.39, 0.29) is 35.2 Å². The van der Waals surface area contributed by atoms with Crippen LogP contribution in [0.15, 0.2) is 10.3 Å². The zero-order valence-corrected chi connectivity index (χ0v) is 31.7. The second-order valence-corrected chi connectivity index (χ2v) is 15.2. The van der Waals surface area contributed by atoms with E-state index in [1.807, 2.05) is 0 Å². The molecule has 1 aromatic rings. The third-order valence-corrected chi connectivity index (χ3v) is 11.1. The van der Waals surface area contributed by atoms with Crippen molar-refractivity contribution in [3.63, 3.8) is 0 Å². The molecule has 0 saturated carbocycles. The van der Waals surface area contributed by atoms with E-state index in [9.17, 15) is 19.2 Å². The van der Waals surface area contributed by atoms with Gasteiger partial charge in [0, 0.05) is 38.5 Å². The Hall–Kier alpha value is -2.69. The molecule has 3 heterocycles. The minimum absolute atomic E-state index is 0.0645. The third-order valence-electron chi connectivity index (χ3n) is 8.71. The highest BCUT2D eigenvalue weighted by molar-refractivity contribution is 8.02. The largest absolute Gasteiger partial charge is 0.381 e. The average Bonchev–Trinajstić information content (AvgIpc) is 3.50. The van der Waals surface area contributed by atoms with Gasteiger partial charge in [0.05, 0.1) is 0 Å². The van der Waals surface area contributed by atoms with Crippen molar-refractivity contribution in [1.29, 1.82) is 0 Å². The molecular weight excluding hydrogens is 669 g/mol. The van der Waals surface area contributed by atoms with E-state index in [0.717, 1.165) is 74.9 Å². The monoisotopic (exact) mass is 724 g/mol. The summed E-state index contributed by atoms with van der Waals surface area (Å²) < 4.78 is 11.6. The first-order valence-corrected chi connectivity index (χ1v) is 19.5. The van der Waals surface area contributed by atoms with Crippen LogP contribution >= 0.6 is 23.5 Å². The van der Waals surface area contributed by atoms with Crippen molar-refractivity contribution < 1.29 is 28.7 Å². The third kappa shape index (κ3) is 11.7. The van der Waals surface area contributed by atoms with Crippen molar-refractivity contribution in [1.82, 2.24) is 36.2 Å². The Labute approximate surface area is 299 Å². The second kappa shape index (κ2) is 20.2. The second-order valence-electron chi connectivity index (χ2n) is 12.6. The minimum atomic E-state index is -1.37. The molecule has 276 valence electrons. The smallest absolute Gasteiger partial charge is 0.323 e. The van der Waals surface area contributed by atoms with Crippen molar-refractivity contribution in [3.05, 3.63) is 0 Å². The standard InChI is InChI=1S/C33H56N8O6S2/c1-7-11-13-19-46-21-15-17-32(25(42)34-28(44)39-32)48-30-36-27(41(23(5)9-3)24(6)10-4)37-31(38-30)49-33(26(43)35-29(45)40-33)18-16-22-47-20-14-12-8-2/h23-24H,7-22H2,1-6H3,(H2,34,39,42,44)(H2,35,40,43,45). The number of unbranched alkanes of at least 4 members (excludes halogenated alkanes) is 4. The molecule has 6 amide bonds. The molecule has 4 N–H and O–H groups in total. The fourth-order valence-corrected chi connectivity index (χ4v) is 7.84. The van der Waals surface area contributed by atoms with Crippen molar-refractivity contribution >= 4 is 53.3 Å². The topological polar surface area (TPSA) is 177 Å². The first-order valence-electron chi connectivity index (χ1n) is 17.9. The summed E-state index contributed by atoms with van der Waals surface area (Å²) in [4.78, 5) is 65.3. The van der Waals surface area contributed by atoms with Crippen LogP contribution in [-0.2, 0) is 19.1 Å². The maximum atomic E-state index is 13.3. The molecule has 0 bridgehead atoms. The molecule has 0 spiro atoms. The number of aromatic nitrogens is 3. The van der Waals surface area contributed by atoms with E-state index >= 15 is 0 Å². The van der Waals surface area contributed by atoms with Crippen molar-refractivity contribution in [2.45, 2.75) is 151 Å². The predicted octanol–water partition coefficient (Wildman–Crippen LogP) is 5.50. The van der Waals surface area contributed by atoms with Crippen molar-refractivity contribution in [2.75, 3.05) is 31.3 Å². The van der Waals surface area contributed by atoms with E-state index in [2.05, 4.69) is 67.7 Å². The zero-order chi connectivity index (χ0) is 35.9. The molecule has 4 atom stereocenters. The number of urea groups is 2. The SMILES string of the molecule is CCCCCOCCCC1(Sc2nc(SC3(CCCOCCCCC)NC(=O)NC3=O)nc(N(C(C)CC)C(C)CC)n2)NC(=O)NC1=O. The Balaban J connectivity index is 1.95. The number of rotatable bonds is 25. The first kappa shape index (κ1) is 40.7. The van der Waals surface area contributed by atoms with Crippen molar-refractivity contribution in [2.24, 2.45) is 0 Å². The lowest BCUT2D eigenvalue weighted by Gasteiger charge is -2.34. The number of amides is 6. The quantitative estimate of drug-likeness (QED) is 0.0737. The summed E-state index contributed by atoms with van der Waals surface area (Å²) in [5.41, 5.74) is 0. The molecular formula is C33H56N8O6S2. The Bertz CT molecular complexity index is 1170. The molecule has 2 aliphatic heterocycles. The normalized spacial score (nSPS) is 21.7. The maximum Gasteiger partial charge on any atom is 0.323 e. The van der Waals surface area contributed by atoms with Crippen LogP contribution in [-0.4, -0.2) is 87.1 Å². The molecule has 3 rings (SSSR count). The van der Waals surface area contributed by atoms with E-state index in [1.165, 1.54) is 0 Å². The average molecular weight is 725 g/mol. The van der Waals surface area contributed by atoms with Gasteiger partial charge in [-0.3, -0.25) is 20.2 Å². The van der Waals surface area contributed by atoms with Crippen molar-refractivity contribution in [3.8, 4) is 0 Å². The summed E-state index contributed by atoms with van der Waals surface area (Å²) in [7, 11) is 0. The molecule has 0 aromatic carbocycles. The molecule has 2 aliphatic rings. The van der Waals surface area contributed by atoms with Gasteiger partial charge < -0.3 is 25.0 Å². The number of carbonyl (C=O) groups excluding carboxylic acids is 4. The molecule has 4 unspecified atom stereocenters. The fraction of sp³-hybridized carbons (Fsp3) is 0.788. The van der Waals surface area contributed by atoms with E-state index < -0.39 is 33.6 Å².